The Bertz CT molecular complexity index is 1150. The SMILES string of the molecule is Cc1cccc(-n2nc(C(=O)NC3CC3)c(C)c2Oc2ccccc2[N+](=O)[O-])c1C. The number of nitro benzene ring substituents is 1. The quantitative estimate of drug-likeness (QED) is 0.483. The number of hydrogen-bond acceptors (Lipinski definition) is 5. The maximum atomic E-state index is 12.7. The number of para-hydroxylation sites is 2. The van der Waals surface area contributed by atoms with Crippen molar-refractivity contribution in [2.24, 2.45) is 0 Å². The average Bonchev–Trinajstić information content (AvgIpc) is 3.47. The normalized spacial score (nSPS) is 13.2. The Labute approximate surface area is 173 Å². The molecule has 3 aromatic rings. The van der Waals surface area contributed by atoms with Crippen molar-refractivity contribution in [2.75, 3.05) is 0 Å². The largest absolute Gasteiger partial charge is 0.431 e. The molecule has 0 radical (unpaired) electrons. The fourth-order valence-corrected chi connectivity index (χ4v) is 3.22. The Balaban J connectivity index is 1.85. The minimum atomic E-state index is -0.496. The Kier molecular flexibility index (Phi) is 4.99. The summed E-state index contributed by atoms with van der Waals surface area (Å²) >= 11 is 0. The number of hydrogen-bond donors (Lipinski definition) is 1. The van der Waals surface area contributed by atoms with Crippen molar-refractivity contribution in [2.45, 2.75) is 39.7 Å². The van der Waals surface area contributed by atoms with Crippen LogP contribution in [-0.4, -0.2) is 26.7 Å². The lowest BCUT2D eigenvalue weighted by Gasteiger charge is -2.13. The highest BCUT2D eigenvalue weighted by atomic mass is 16.6. The average molecular weight is 406 g/mol. The highest BCUT2D eigenvalue weighted by Crippen LogP contribution is 2.36. The van der Waals surface area contributed by atoms with Gasteiger partial charge in [0.15, 0.2) is 5.69 Å². The minimum Gasteiger partial charge on any atom is -0.431 e. The van der Waals surface area contributed by atoms with Gasteiger partial charge in [-0.05, 0) is 56.9 Å². The van der Waals surface area contributed by atoms with E-state index >= 15 is 0 Å². The number of carbonyl (C=O) groups is 1. The van der Waals surface area contributed by atoms with Crippen LogP contribution in [0.3, 0.4) is 0 Å². The molecule has 1 fully saturated rings. The molecule has 0 saturated heterocycles. The highest BCUT2D eigenvalue weighted by molar-refractivity contribution is 5.94. The van der Waals surface area contributed by atoms with Crippen LogP contribution in [0.25, 0.3) is 5.69 Å². The molecule has 1 heterocycles. The summed E-state index contributed by atoms with van der Waals surface area (Å²) in [5.41, 5.74) is 3.39. The first-order valence-electron chi connectivity index (χ1n) is 9.75. The molecular weight excluding hydrogens is 384 g/mol. The molecule has 8 nitrogen and oxygen atoms in total. The van der Waals surface area contributed by atoms with E-state index in [4.69, 9.17) is 4.74 Å². The van der Waals surface area contributed by atoms with Gasteiger partial charge in [0.1, 0.15) is 0 Å². The van der Waals surface area contributed by atoms with Crippen molar-refractivity contribution in [1.82, 2.24) is 15.1 Å². The Morgan fingerprint density at radius 3 is 2.57 bits per heavy atom. The number of aryl methyl sites for hydroxylation is 1. The second-order valence-corrected chi connectivity index (χ2v) is 7.48. The molecule has 0 unspecified atom stereocenters. The molecule has 30 heavy (non-hydrogen) atoms. The summed E-state index contributed by atoms with van der Waals surface area (Å²) in [4.78, 5) is 23.7. The van der Waals surface area contributed by atoms with Crippen molar-refractivity contribution in [3.05, 3.63) is 75.0 Å². The first-order chi connectivity index (χ1) is 14.4. The maximum Gasteiger partial charge on any atom is 0.311 e. The third-order valence-corrected chi connectivity index (χ3v) is 5.27. The summed E-state index contributed by atoms with van der Waals surface area (Å²) < 4.78 is 7.56. The molecule has 1 saturated carbocycles. The van der Waals surface area contributed by atoms with Crippen LogP contribution in [0.2, 0.25) is 0 Å². The molecule has 0 aliphatic heterocycles. The zero-order valence-corrected chi connectivity index (χ0v) is 17.0. The van der Waals surface area contributed by atoms with Gasteiger partial charge in [-0.2, -0.15) is 9.78 Å². The van der Waals surface area contributed by atoms with Gasteiger partial charge < -0.3 is 10.1 Å². The van der Waals surface area contributed by atoms with Gasteiger partial charge >= 0.3 is 5.69 Å². The van der Waals surface area contributed by atoms with E-state index in [0.717, 1.165) is 29.7 Å². The van der Waals surface area contributed by atoms with E-state index < -0.39 is 4.92 Å². The van der Waals surface area contributed by atoms with Gasteiger partial charge in [-0.3, -0.25) is 14.9 Å². The molecular formula is C22H22N4O4. The molecule has 4 rings (SSSR count). The number of carbonyl (C=O) groups excluding carboxylic acids is 1. The van der Waals surface area contributed by atoms with Crippen LogP contribution in [0.15, 0.2) is 42.5 Å². The number of nitro groups is 1. The van der Waals surface area contributed by atoms with Gasteiger partial charge in [0.25, 0.3) is 5.91 Å². The standard InChI is InChI=1S/C22H22N4O4/c1-13-7-6-9-17(14(13)2)25-22(30-19-10-5-4-8-18(19)26(28)29)15(3)20(24-25)21(27)23-16-11-12-16/h4-10,16H,11-12H2,1-3H3,(H,23,27). The second-order valence-electron chi connectivity index (χ2n) is 7.48. The topological polar surface area (TPSA) is 99.3 Å². The molecule has 0 atom stereocenters. The molecule has 2 aromatic carbocycles. The number of amides is 1. The summed E-state index contributed by atoms with van der Waals surface area (Å²) in [5.74, 6) is 0.0941. The van der Waals surface area contributed by atoms with Gasteiger partial charge in [0, 0.05) is 17.7 Å². The van der Waals surface area contributed by atoms with Gasteiger partial charge in [-0.25, -0.2) is 0 Å². The third kappa shape index (κ3) is 3.63. The van der Waals surface area contributed by atoms with E-state index in [1.807, 2.05) is 32.0 Å². The molecule has 154 valence electrons. The number of rotatable bonds is 6. The van der Waals surface area contributed by atoms with E-state index in [1.54, 1.807) is 23.7 Å². The van der Waals surface area contributed by atoms with E-state index in [1.165, 1.54) is 12.1 Å². The first-order valence-corrected chi connectivity index (χ1v) is 9.75. The lowest BCUT2D eigenvalue weighted by Crippen LogP contribution is -2.26. The highest BCUT2D eigenvalue weighted by Gasteiger charge is 2.29. The number of nitrogens with zero attached hydrogens (tertiary/aromatic N) is 3. The van der Waals surface area contributed by atoms with Crippen LogP contribution in [0, 0.1) is 30.9 Å². The Morgan fingerprint density at radius 1 is 1.13 bits per heavy atom. The minimum absolute atomic E-state index is 0.0891. The van der Waals surface area contributed by atoms with Crippen molar-refractivity contribution in [3.8, 4) is 17.3 Å². The van der Waals surface area contributed by atoms with Crippen LogP contribution < -0.4 is 10.1 Å². The second kappa shape index (κ2) is 7.62. The summed E-state index contributed by atoms with van der Waals surface area (Å²) in [6.45, 7) is 5.68. The molecule has 0 spiro atoms. The van der Waals surface area contributed by atoms with Crippen molar-refractivity contribution < 1.29 is 14.5 Å². The zero-order valence-electron chi connectivity index (χ0n) is 17.0. The van der Waals surface area contributed by atoms with Crippen LogP contribution in [0.5, 0.6) is 11.6 Å². The van der Waals surface area contributed by atoms with Crippen LogP contribution >= 0.6 is 0 Å². The molecule has 1 amide bonds. The zero-order chi connectivity index (χ0) is 21.4. The van der Waals surface area contributed by atoms with Gasteiger partial charge in [-0.15, -0.1) is 0 Å². The molecule has 1 aromatic heterocycles. The Morgan fingerprint density at radius 2 is 1.87 bits per heavy atom. The van der Waals surface area contributed by atoms with Gasteiger partial charge in [0.05, 0.1) is 10.6 Å². The predicted molar refractivity (Wildman–Crippen MR) is 111 cm³/mol. The number of nitrogens with one attached hydrogen (secondary N) is 1. The lowest BCUT2D eigenvalue weighted by molar-refractivity contribution is -0.385. The van der Waals surface area contributed by atoms with Gasteiger partial charge in [-0.1, -0.05) is 24.3 Å². The fraction of sp³-hybridized carbons (Fsp3) is 0.273. The van der Waals surface area contributed by atoms with Crippen molar-refractivity contribution in [3.63, 3.8) is 0 Å². The number of benzene rings is 2. The smallest absolute Gasteiger partial charge is 0.311 e. The van der Waals surface area contributed by atoms with Crippen molar-refractivity contribution in [1.29, 1.82) is 0 Å². The molecule has 1 aliphatic rings. The van der Waals surface area contributed by atoms with Crippen LogP contribution in [-0.2, 0) is 0 Å². The molecule has 1 N–H and O–H groups in total. The molecule has 0 bridgehead atoms. The van der Waals surface area contributed by atoms with E-state index in [2.05, 4.69) is 10.4 Å². The van der Waals surface area contributed by atoms with E-state index in [-0.39, 0.29) is 35.0 Å². The monoisotopic (exact) mass is 406 g/mol. The fourth-order valence-electron chi connectivity index (χ4n) is 3.22. The predicted octanol–water partition coefficient (Wildman–Crippen LogP) is 4.39. The van der Waals surface area contributed by atoms with Crippen molar-refractivity contribution >= 4 is 11.6 Å². The summed E-state index contributed by atoms with van der Waals surface area (Å²) in [5, 5.41) is 18.9. The Hall–Kier alpha value is -3.68. The van der Waals surface area contributed by atoms with E-state index in [0.29, 0.717) is 5.56 Å². The summed E-state index contributed by atoms with van der Waals surface area (Å²) in [7, 11) is 0. The van der Waals surface area contributed by atoms with Crippen LogP contribution in [0.4, 0.5) is 5.69 Å². The first kappa shape index (κ1) is 19.6. The van der Waals surface area contributed by atoms with Gasteiger partial charge in [0.2, 0.25) is 11.6 Å². The number of ether oxygens (including phenoxy) is 1. The summed E-state index contributed by atoms with van der Waals surface area (Å²) in [6, 6.07) is 12.1. The third-order valence-electron chi connectivity index (χ3n) is 5.27. The molecule has 1 aliphatic carbocycles. The summed E-state index contributed by atoms with van der Waals surface area (Å²) in [6.07, 6.45) is 1.92. The lowest BCUT2D eigenvalue weighted by atomic mass is 10.1. The van der Waals surface area contributed by atoms with Crippen LogP contribution in [0.1, 0.15) is 40.0 Å². The maximum absolute atomic E-state index is 12.7. The molecule has 8 heteroatoms. The number of aromatic nitrogens is 2. The van der Waals surface area contributed by atoms with E-state index in [9.17, 15) is 14.9 Å².